The number of rotatable bonds is 7. The molecule has 2 aromatic heterocycles. The Kier molecular flexibility index (Phi) is 6.33. The van der Waals surface area contributed by atoms with Gasteiger partial charge in [-0.05, 0) is 43.4 Å². The maximum atomic E-state index is 13.1. The zero-order chi connectivity index (χ0) is 20.9. The van der Waals surface area contributed by atoms with E-state index in [2.05, 4.69) is 10.3 Å². The lowest BCUT2D eigenvalue weighted by atomic mass is 9.90. The van der Waals surface area contributed by atoms with Crippen LogP contribution in [-0.4, -0.2) is 28.4 Å². The van der Waals surface area contributed by atoms with Crippen molar-refractivity contribution < 1.29 is 9.53 Å². The van der Waals surface area contributed by atoms with Gasteiger partial charge in [-0.3, -0.25) is 9.20 Å². The predicted molar refractivity (Wildman–Crippen MR) is 118 cm³/mol. The predicted octanol–water partition coefficient (Wildman–Crippen LogP) is 4.03. The molecule has 0 aliphatic heterocycles. The molecule has 1 aliphatic carbocycles. The normalized spacial score (nSPS) is 15.8. The summed E-state index contributed by atoms with van der Waals surface area (Å²) in [4.78, 5) is 17.8. The molecule has 6 nitrogen and oxygen atoms in total. The maximum absolute atomic E-state index is 13.1. The standard InChI is InChI=1S/C24H30N4O2/c1-17-22(24(29)27-20(15-25)19-11-6-3-7-12-19)28-14-8-13-21(23(28)26-17)30-16-18-9-4-2-5-10-18/h3,6-8,11-14,18,20H,2,4-5,9-10,15-16,25H2,1H3,(H,27,29)/t20-/m0/s1. The third-order valence-corrected chi connectivity index (χ3v) is 5.95. The van der Waals surface area contributed by atoms with E-state index in [-0.39, 0.29) is 11.9 Å². The Morgan fingerprint density at radius 2 is 1.97 bits per heavy atom. The molecule has 0 saturated heterocycles. The number of aromatic nitrogens is 2. The van der Waals surface area contributed by atoms with Crippen LogP contribution in [0.4, 0.5) is 0 Å². The molecular formula is C24H30N4O2. The number of hydrogen-bond acceptors (Lipinski definition) is 4. The minimum atomic E-state index is -0.255. The monoisotopic (exact) mass is 406 g/mol. The topological polar surface area (TPSA) is 81.7 Å². The second kappa shape index (κ2) is 9.30. The number of carbonyl (C=O) groups excluding carboxylic acids is 1. The van der Waals surface area contributed by atoms with Crippen LogP contribution in [0.1, 0.15) is 59.9 Å². The minimum Gasteiger partial charge on any atom is -0.489 e. The number of carbonyl (C=O) groups is 1. The van der Waals surface area contributed by atoms with Crippen LogP contribution in [0.15, 0.2) is 48.7 Å². The molecule has 1 fully saturated rings. The molecule has 0 unspecified atom stereocenters. The van der Waals surface area contributed by atoms with Crippen LogP contribution in [0.2, 0.25) is 0 Å². The zero-order valence-electron chi connectivity index (χ0n) is 17.5. The molecule has 6 heteroatoms. The highest BCUT2D eigenvalue weighted by Gasteiger charge is 2.22. The number of aryl methyl sites for hydroxylation is 1. The zero-order valence-corrected chi connectivity index (χ0v) is 17.5. The molecule has 3 N–H and O–H groups in total. The molecule has 2 heterocycles. The van der Waals surface area contributed by atoms with Gasteiger partial charge in [0.15, 0.2) is 11.4 Å². The Morgan fingerprint density at radius 1 is 1.20 bits per heavy atom. The van der Waals surface area contributed by atoms with Crippen molar-refractivity contribution in [3.63, 3.8) is 0 Å². The van der Waals surface area contributed by atoms with Crippen LogP contribution < -0.4 is 15.8 Å². The van der Waals surface area contributed by atoms with E-state index in [1.807, 2.05) is 60.0 Å². The van der Waals surface area contributed by atoms with E-state index in [0.717, 1.165) is 11.3 Å². The molecule has 1 saturated carbocycles. The quantitative estimate of drug-likeness (QED) is 0.621. The van der Waals surface area contributed by atoms with Gasteiger partial charge in [0.05, 0.1) is 18.3 Å². The number of amides is 1. The van der Waals surface area contributed by atoms with Crippen LogP contribution in [0.25, 0.3) is 5.65 Å². The van der Waals surface area contributed by atoms with Crippen molar-refractivity contribution >= 4 is 11.6 Å². The smallest absolute Gasteiger partial charge is 0.270 e. The van der Waals surface area contributed by atoms with Crippen molar-refractivity contribution in [1.82, 2.24) is 14.7 Å². The number of fused-ring (bicyclic) bond motifs is 1. The molecule has 1 aromatic carbocycles. The number of nitrogens with zero attached hydrogens (tertiary/aromatic N) is 2. The SMILES string of the molecule is Cc1nc2c(OCC3CCCCC3)cccn2c1C(=O)N[C@@H](CN)c1ccccc1. The number of ether oxygens (including phenoxy) is 1. The third-order valence-electron chi connectivity index (χ3n) is 5.95. The number of nitrogens with one attached hydrogen (secondary N) is 1. The molecular weight excluding hydrogens is 376 g/mol. The molecule has 1 amide bonds. The Morgan fingerprint density at radius 3 is 2.70 bits per heavy atom. The van der Waals surface area contributed by atoms with E-state index >= 15 is 0 Å². The second-order valence-electron chi connectivity index (χ2n) is 8.10. The van der Waals surface area contributed by atoms with E-state index in [4.69, 9.17) is 10.5 Å². The fourth-order valence-electron chi connectivity index (χ4n) is 4.29. The lowest BCUT2D eigenvalue weighted by molar-refractivity contribution is 0.0931. The van der Waals surface area contributed by atoms with E-state index in [1.54, 1.807) is 0 Å². The minimum absolute atomic E-state index is 0.191. The Bertz CT molecular complexity index is 993. The van der Waals surface area contributed by atoms with Crippen LogP contribution in [0.3, 0.4) is 0 Å². The van der Waals surface area contributed by atoms with Gasteiger partial charge in [-0.15, -0.1) is 0 Å². The van der Waals surface area contributed by atoms with Crippen LogP contribution >= 0.6 is 0 Å². The fourth-order valence-corrected chi connectivity index (χ4v) is 4.29. The largest absolute Gasteiger partial charge is 0.489 e. The number of pyridine rings is 1. The van der Waals surface area contributed by atoms with Crippen molar-refractivity contribution in [3.8, 4) is 5.75 Å². The van der Waals surface area contributed by atoms with Crippen molar-refractivity contribution in [2.75, 3.05) is 13.2 Å². The molecule has 1 atom stereocenters. The summed E-state index contributed by atoms with van der Waals surface area (Å²) in [6.07, 6.45) is 8.21. The molecule has 30 heavy (non-hydrogen) atoms. The highest BCUT2D eigenvalue weighted by molar-refractivity contribution is 5.95. The van der Waals surface area contributed by atoms with Gasteiger partial charge in [-0.1, -0.05) is 49.6 Å². The Balaban J connectivity index is 1.55. The van der Waals surface area contributed by atoms with Gasteiger partial charge in [0, 0.05) is 12.7 Å². The van der Waals surface area contributed by atoms with Gasteiger partial charge in [-0.25, -0.2) is 4.98 Å². The van der Waals surface area contributed by atoms with Crippen molar-refractivity contribution in [3.05, 3.63) is 65.6 Å². The Labute approximate surface area is 177 Å². The fraction of sp³-hybridized carbons (Fsp3) is 0.417. The maximum Gasteiger partial charge on any atom is 0.270 e. The second-order valence-corrected chi connectivity index (χ2v) is 8.10. The highest BCUT2D eigenvalue weighted by atomic mass is 16.5. The summed E-state index contributed by atoms with van der Waals surface area (Å²) in [7, 11) is 0. The number of nitrogens with two attached hydrogens (primary N) is 1. The number of imidazole rings is 1. The van der Waals surface area contributed by atoms with Crippen molar-refractivity contribution in [1.29, 1.82) is 0 Å². The lowest BCUT2D eigenvalue weighted by Gasteiger charge is -2.21. The molecule has 4 rings (SSSR count). The summed E-state index contributed by atoms with van der Waals surface area (Å²) in [6.45, 7) is 2.88. The summed E-state index contributed by atoms with van der Waals surface area (Å²) < 4.78 is 7.96. The van der Waals surface area contributed by atoms with Gasteiger partial charge in [0.1, 0.15) is 5.69 Å². The number of hydrogen-bond donors (Lipinski definition) is 2. The first kappa shape index (κ1) is 20.4. The van der Waals surface area contributed by atoms with E-state index in [0.29, 0.717) is 36.1 Å². The van der Waals surface area contributed by atoms with E-state index in [1.165, 1.54) is 32.1 Å². The van der Waals surface area contributed by atoms with Gasteiger partial charge in [0.2, 0.25) is 0 Å². The van der Waals surface area contributed by atoms with E-state index in [9.17, 15) is 4.79 Å². The highest BCUT2D eigenvalue weighted by Crippen LogP contribution is 2.27. The average molecular weight is 407 g/mol. The number of benzene rings is 1. The summed E-state index contributed by atoms with van der Waals surface area (Å²) in [5.41, 5.74) is 8.79. The molecule has 0 bridgehead atoms. The first-order valence-electron chi connectivity index (χ1n) is 10.8. The first-order valence-corrected chi connectivity index (χ1v) is 10.8. The molecule has 0 spiro atoms. The summed E-state index contributed by atoms with van der Waals surface area (Å²) in [5, 5.41) is 3.06. The molecule has 1 aliphatic rings. The third kappa shape index (κ3) is 4.33. The Hall–Kier alpha value is -2.86. The van der Waals surface area contributed by atoms with Gasteiger partial charge < -0.3 is 15.8 Å². The average Bonchev–Trinajstić information content (AvgIpc) is 3.13. The molecule has 0 radical (unpaired) electrons. The van der Waals surface area contributed by atoms with Gasteiger partial charge in [-0.2, -0.15) is 0 Å². The molecule has 158 valence electrons. The lowest BCUT2D eigenvalue weighted by Crippen LogP contribution is -2.34. The molecule has 3 aromatic rings. The van der Waals surface area contributed by atoms with Gasteiger partial charge in [0.25, 0.3) is 5.91 Å². The van der Waals surface area contributed by atoms with Gasteiger partial charge >= 0.3 is 0 Å². The van der Waals surface area contributed by atoms with Crippen LogP contribution in [0.5, 0.6) is 5.75 Å². The van der Waals surface area contributed by atoms with Crippen molar-refractivity contribution in [2.45, 2.75) is 45.1 Å². The van der Waals surface area contributed by atoms with E-state index < -0.39 is 0 Å². The summed E-state index contributed by atoms with van der Waals surface area (Å²) in [5.74, 6) is 1.14. The summed E-state index contributed by atoms with van der Waals surface area (Å²) in [6, 6.07) is 13.3. The van der Waals surface area contributed by atoms with Crippen LogP contribution in [-0.2, 0) is 0 Å². The van der Waals surface area contributed by atoms with Crippen molar-refractivity contribution in [2.24, 2.45) is 11.7 Å². The van der Waals surface area contributed by atoms with Crippen LogP contribution in [0, 0.1) is 12.8 Å². The first-order chi connectivity index (χ1) is 14.7. The summed E-state index contributed by atoms with van der Waals surface area (Å²) >= 11 is 0.